The van der Waals surface area contributed by atoms with Crippen molar-refractivity contribution in [1.29, 1.82) is 0 Å². The lowest BCUT2D eigenvalue weighted by Crippen LogP contribution is -2.70. The van der Waals surface area contributed by atoms with Crippen LogP contribution in [0.15, 0.2) is 24.3 Å². The van der Waals surface area contributed by atoms with Crippen molar-refractivity contribution in [2.45, 2.75) is 54.7 Å². The summed E-state index contributed by atoms with van der Waals surface area (Å²) in [5.41, 5.74) is -4.42. The summed E-state index contributed by atoms with van der Waals surface area (Å²) in [6.07, 6.45) is -10.2. The van der Waals surface area contributed by atoms with Crippen molar-refractivity contribution in [3.63, 3.8) is 0 Å². The van der Waals surface area contributed by atoms with Crippen molar-refractivity contribution >= 4 is 5.69 Å². The minimum Gasteiger partial charge on any atom is -0.374 e. The number of rotatable bonds is 9. The molecular weight excluding hydrogens is 501 g/mol. The highest BCUT2D eigenvalue weighted by Gasteiger charge is 2.90. The Bertz CT molecular complexity index is 885. The Morgan fingerprint density at radius 1 is 0.818 bits per heavy atom. The van der Waals surface area contributed by atoms with Gasteiger partial charge in [0.25, 0.3) is 5.69 Å². The first kappa shape index (κ1) is 28.7. The average molecular weight is 513 g/mol. The number of nitrogens with zero attached hydrogens (tertiary/aromatic N) is 1. The molecule has 0 saturated carbocycles. The van der Waals surface area contributed by atoms with Gasteiger partial charge in [-0.1, -0.05) is 12.1 Å². The van der Waals surface area contributed by atoms with Gasteiger partial charge in [-0.05, 0) is 12.5 Å². The number of hydrogen-bond acceptors (Lipinski definition) is 3. The highest BCUT2D eigenvalue weighted by Crippen LogP contribution is 2.61. The molecule has 17 heteroatoms. The van der Waals surface area contributed by atoms with Crippen LogP contribution in [0.3, 0.4) is 0 Å². The number of nitro benzene ring substituents is 1. The molecule has 1 aromatic carbocycles. The molecule has 0 saturated heterocycles. The van der Waals surface area contributed by atoms with Gasteiger partial charge in [0, 0.05) is 19.2 Å². The fourth-order valence-corrected chi connectivity index (χ4v) is 2.58. The van der Waals surface area contributed by atoms with E-state index in [1.165, 1.54) is 0 Å². The lowest BCUT2D eigenvalue weighted by atomic mass is 9.84. The smallest absolute Gasteiger partial charge is 0.374 e. The van der Waals surface area contributed by atoms with E-state index in [0.717, 1.165) is 18.2 Å². The van der Waals surface area contributed by atoms with Crippen molar-refractivity contribution in [3.8, 4) is 0 Å². The molecule has 0 aliphatic rings. The number of hydrogen-bond donors (Lipinski definition) is 0. The van der Waals surface area contributed by atoms with Crippen molar-refractivity contribution < 1.29 is 66.7 Å². The zero-order valence-electron chi connectivity index (χ0n) is 16.1. The SMILES string of the molecule is COC(C)(CC(F)(F)C(F)(F)C(F)(F)C(F)(F)C(F)(F)C(F)(F)F)c1cccc([N+](=O)[O-])c1. The maximum Gasteiger partial charge on any atom is 0.460 e. The summed E-state index contributed by atoms with van der Waals surface area (Å²) in [5, 5.41) is 10.8. The summed E-state index contributed by atoms with van der Waals surface area (Å²) in [6, 6.07) is 2.85. The highest BCUT2D eigenvalue weighted by atomic mass is 19.4. The molecule has 1 aromatic rings. The van der Waals surface area contributed by atoms with Crippen LogP contribution in [0.5, 0.6) is 0 Å². The molecule has 1 unspecified atom stereocenters. The van der Waals surface area contributed by atoms with Crippen LogP contribution < -0.4 is 0 Å². The summed E-state index contributed by atoms with van der Waals surface area (Å²) >= 11 is 0. The van der Waals surface area contributed by atoms with Gasteiger partial charge >= 0.3 is 35.8 Å². The number of halogens is 13. The number of benzene rings is 1. The van der Waals surface area contributed by atoms with Crippen LogP contribution in [0.1, 0.15) is 18.9 Å². The van der Waals surface area contributed by atoms with Gasteiger partial charge in [-0.2, -0.15) is 57.1 Å². The molecule has 0 aliphatic carbocycles. The van der Waals surface area contributed by atoms with Crippen molar-refractivity contribution in [3.05, 3.63) is 39.9 Å². The van der Waals surface area contributed by atoms with Crippen molar-refractivity contribution in [2.24, 2.45) is 0 Å². The molecule has 0 heterocycles. The average Bonchev–Trinajstić information content (AvgIpc) is 2.66. The van der Waals surface area contributed by atoms with Crippen LogP contribution in [0.2, 0.25) is 0 Å². The fraction of sp³-hybridized carbons (Fsp3) is 0.625. The van der Waals surface area contributed by atoms with E-state index >= 15 is 0 Å². The molecule has 1 rings (SSSR count). The summed E-state index contributed by atoms with van der Waals surface area (Å²) < 4.78 is 177. The molecule has 4 nitrogen and oxygen atoms in total. The van der Waals surface area contributed by atoms with E-state index in [4.69, 9.17) is 0 Å². The Balaban J connectivity index is 3.55. The molecule has 0 fully saturated rings. The maximum absolute atomic E-state index is 14.2. The van der Waals surface area contributed by atoms with Crippen molar-refractivity contribution in [2.75, 3.05) is 7.11 Å². The first-order valence-electron chi connectivity index (χ1n) is 8.19. The Labute approximate surface area is 175 Å². The standard InChI is InChI=1S/C16H12F13NO3/c1-10(33-2,8-4-3-5-9(6-8)30(31)32)7-11(17,18)12(19,20)13(21,22)14(23,24)15(25,26)16(27,28)29/h3-6H,7H2,1-2H3. The third-order valence-electron chi connectivity index (χ3n) is 4.68. The lowest BCUT2D eigenvalue weighted by molar-refractivity contribution is -0.441. The minimum atomic E-state index is -8.01. The molecule has 0 N–H and O–H groups in total. The van der Waals surface area contributed by atoms with E-state index in [9.17, 15) is 67.2 Å². The first-order chi connectivity index (χ1) is 14.4. The monoisotopic (exact) mass is 513 g/mol. The topological polar surface area (TPSA) is 52.4 Å². The van der Waals surface area contributed by atoms with Gasteiger partial charge in [-0.25, -0.2) is 0 Å². The predicted molar refractivity (Wildman–Crippen MR) is 82.9 cm³/mol. The van der Waals surface area contributed by atoms with Gasteiger partial charge < -0.3 is 4.74 Å². The largest absolute Gasteiger partial charge is 0.460 e. The van der Waals surface area contributed by atoms with Gasteiger partial charge in [-0.15, -0.1) is 0 Å². The maximum atomic E-state index is 14.2. The molecule has 0 amide bonds. The van der Waals surface area contributed by atoms with Crippen LogP contribution in [0.25, 0.3) is 0 Å². The van der Waals surface area contributed by atoms with E-state index in [1.807, 2.05) is 0 Å². The number of ether oxygens (including phenoxy) is 1. The number of alkyl halides is 13. The Morgan fingerprint density at radius 2 is 1.27 bits per heavy atom. The number of methoxy groups -OCH3 is 1. The molecule has 0 aromatic heterocycles. The molecule has 33 heavy (non-hydrogen) atoms. The summed E-state index contributed by atoms with van der Waals surface area (Å²) in [5.74, 6) is -37.7. The van der Waals surface area contributed by atoms with Crippen molar-refractivity contribution in [1.82, 2.24) is 0 Å². The van der Waals surface area contributed by atoms with Crippen LogP contribution in [0, 0.1) is 10.1 Å². The third kappa shape index (κ3) is 4.42. The van der Waals surface area contributed by atoms with Gasteiger partial charge in [0.1, 0.15) is 0 Å². The second kappa shape index (κ2) is 8.16. The summed E-state index contributed by atoms with van der Waals surface area (Å²) in [7, 11) is 0.525. The van der Waals surface area contributed by atoms with E-state index in [2.05, 4.69) is 4.74 Å². The molecule has 0 radical (unpaired) electrons. The van der Waals surface area contributed by atoms with E-state index in [0.29, 0.717) is 20.1 Å². The second-order valence-electron chi connectivity index (χ2n) is 6.92. The normalized spacial score (nSPS) is 16.5. The minimum absolute atomic E-state index is 0.474. The molecule has 1 atom stereocenters. The number of non-ortho nitro benzene ring substituents is 1. The van der Waals surface area contributed by atoms with Crippen LogP contribution in [0.4, 0.5) is 62.8 Å². The lowest BCUT2D eigenvalue weighted by Gasteiger charge is -2.42. The molecule has 0 spiro atoms. The molecule has 190 valence electrons. The summed E-state index contributed by atoms with van der Waals surface area (Å²) in [4.78, 5) is 9.70. The Hall–Kier alpha value is -2.33. The zero-order valence-corrected chi connectivity index (χ0v) is 16.1. The quantitative estimate of drug-likeness (QED) is 0.213. The van der Waals surface area contributed by atoms with E-state index in [-0.39, 0.29) is 0 Å². The van der Waals surface area contributed by atoms with Gasteiger partial charge in [0.05, 0.1) is 16.9 Å². The van der Waals surface area contributed by atoms with Crippen LogP contribution in [-0.4, -0.2) is 47.8 Å². The highest BCUT2D eigenvalue weighted by molar-refractivity contribution is 5.37. The molecular formula is C16H12F13NO3. The summed E-state index contributed by atoms with van der Waals surface area (Å²) in [6.45, 7) is 0.483. The van der Waals surface area contributed by atoms with Crippen LogP contribution in [-0.2, 0) is 10.3 Å². The first-order valence-corrected chi connectivity index (χ1v) is 8.19. The van der Waals surface area contributed by atoms with Crippen LogP contribution >= 0.6 is 0 Å². The second-order valence-corrected chi connectivity index (χ2v) is 6.92. The zero-order chi connectivity index (χ0) is 26.5. The fourth-order valence-electron chi connectivity index (χ4n) is 2.58. The molecule has 0 aliphatic heterocycles. The third-order valence-corrected chi connectivity index (χ3v) is 4.68. The van der Waals surface area contributed by atoms with Gasteiger partial charge in [0.2, 0.25) is 0 Å². The van der Waals surface area contributed by atoms with E-state index < -0.39 is 64.0 Å². The Morgan fingerprint density at radius 3 is 1.67 bits per heavy atom. The predicted octanol–water partition coefficient (Wildman–Crippen LogP) is 6.59. The van der Waals surface area contributed by atoms with Gasteiger partial charge in [-0.3, -0.25) is 10.1 Å². The molecule has 0 bridgehead atoms. The Kier molecular flexibility index (Phi) is 7.10. The number of nitro groups is 1. The van der Waals surface area contributed by atoms with E-state index in [1.54, 1.807) is 0 Å². The van der Waals surface area contributed by atoms with Gasteiger partial charge in [0.15, 0.2) is 0 Å².